The SMILES string of the molecule is CSCCC(N)C(=O)NC(CCC(=O)O)C(=O)NC(Cc1ccccc1)C(=O)N1CCCC1C(=O)O. The van der Waals surface area contributed by atoms with Crippen LogP contribution in [0.5, 0.6) is 0 Å². The summed E-state index contributed by atoms with van der Waals surface area (Å²) in [4.78, 5) is 63.2. The zero-order valence-corrected chi connectivity index (χ0v) is 21.0. The summed E-state index contributed by atoms with van der Waals surface area (Å²) < 4.78 is 0. The fourth-order valence-electron chi connectivity index (χ4n) is 4.00. The summed E-state index contributed by atoms with van der Waals surface area (Å²) in [5, 5.41) is 23.8. The van der Waals surface area contributed by atoms with E-state index < -0.39 is 53.8 Å². The van der Waals surface area contributed by atoms with E-state index in [0.29, 0.717) is 25.0 Å². The van der Waals surface area contributed by atoms with Gasteiger partial charge >= 0.3 is 11.9 Å². The van der Waals surface area contributed by atoms with Crippen molar-refractivity contribution in [1.82, 2.24) is 15.5 Å². The number of carbonyl (C=O) groups is 5. The molecule has 1 aromatic rings. The lowest BCUT2D eigenvalue weighted by Crippen LogP contribution is -2.57. The molecule has 1 saturated heterocycles. The summed E-state index contributed by atoms with van der Waals surface area (Å²) in [5.41, 5.74) is 6.64. The fourth-order valence-corrected chi connectivity index (χ4v) is 4.49. The van der Waals surface area contributed by atoms with Crippen LogP contribution in [-0.2, 0) is 30.4 Å². The molecule has 0 saturated carbocycles. The summed E-state index contributed by atoms with van der Waals surface area (Å²) in [6, 6.07) is 4.73. The third kappa shape index (κ3) is 8.83. The van der Waals surface area contributed by atoms with Crippen LogP contribution in [0.1, 0.15) is 37.7 Å². The van der Waals surface area contributed by atoms with Crippen LogP contribution in [0.4, 0.5) is 0 Å². The van der Waals surface area contributed by atoms with Gasteiger partial charge in [-0.05, 0) is 43.3 Å². The maximum atomic E-state index is 13.4. The number of aliphatic carboxylic acids is 2. The number of amides is 3. The van der Waals surface area contributed by atoms with E-state index in [0.717, 1.165) is 5.56 Å². The number of benzene rings is 1. The van der Waals surface area contributed by atoms with Crippen molar-refractivity contribution in [3.8, 4) is 0 Å². The molecule has 0 aliphatic carbocycles. The fraction of sp³-hybridized carbons (Fsp3) is 0.542. The second kappa shape index (κ2) is 14.4. The van der Waals surface area contributed by atoms with Gasteiger partial charge in [0.15, 0.2) is 0 Å². The lowest BCUT2D eigenvalue weighted by molar-refractivity contribution is -0.149. The highest BCUT2D eigenvalue weighted by Crippen LogP contribution is 2.20. The number of likely N-dealkylation sites (tertiary alicyclic amines) is 1. The van der Waals surface area contributed by atoms with E-state index in [2.05, 4.69) is 10.6 Å². The molecular formula is C24H34N4O7S. The Morgan fingerprint density at radius 2 is 1.72 bits per heavy atom. The monoisotopic (exact) mass is 522 g/mol. The Hall–Kier alpha value is -3.12. The average Bonchev–Trinajstić information content (AvgIpc) is 3.35. The molecular weight excluding hydrogens is 488 g/mol. The van der Waals surface area contributed by atoms with Crippen molar-refractivity contribution in [2.75, 3.05) is 18.6 Å². The first-order valence-corrected chi connectivity index (χ1v) is 13.2. The normalized spacial score (nSPS) is 17.6. The predicted molar refractivity (Wildman–Crippen MR) is 134 cm³/mol. The van der Waals surface area contributed by atoms with Crippen molar-refractivity contribution in [3.05, 3.63) is 35.9 Å². The van der Waals surface area contributed by atoms with Crippen LogP contribution in [0.2, 0.25) is 0 Å². The molecule has 12 heteroatoms. The van der Waals surface area contributed by atoms with Crippen LogP contribution in [0.15, 0.2) is 30.3 Å². The standard InChI is InChI=1S/C24H34N4O7S/c1-36-13-11-16(25)21(31)26-17(9-10-20(29)30)22(32)27-18(14-15-6-3-2-4-7-15)23(33)28-12-5-8-19(28)24(34)35/h2-4,6-7,16-19H,5,8-14,25H2,1H3,(H,26,31)(H,27,32)(H,29,30)(H,34,35). The van der Waals surface area contributed by atoms with Gasteiger partial charge < -0.3 is 31.5 Å². The quantitative estimate of drug-likeness (QED) is 0.228. The molecule has 198 valence electrons. The van der Waals surface area contributed by atoms with Gasteiger partial charge in [-0.15, -0.1) is 0 Å². The highest BCUT2D eigenvalue weighted by Gasteiger charge is 2.38. The van der Waals surface area contributed by atoms with Gasteiger partial charge in [-0.2, -0.15) is 11.8 Å². The topological polar surface area (TPSA) is 179 Å². The van der Waals surface area contributed by atoms with Crippen LogP contribution in [0.25, 0.3) is 0 Å². The van der Waals surface area contributed by atoms with Crippen molar-refractivity contribution < 1.29 is 34.2 Å². The molecule has 0 spiro atoms. The molecule has 4 atom stereocenters. The number of carbonyl (C=O) groups excluding carboxylic acids is 3. The Morgan fingerprint density at radius 3 is 2.33 bits per heavy atom. The van der Waals surface area contributed by atoms with Crippen LogP contribution < -0.4 is 16.4 Å². The van der Waals surface area contributed by atoms with Crippen LogP contribution in [0.3, 0.4) is 0 Å². The molecule has 11 nitrogen and oxygen atoms in total. The van der Waals surface area contributed by atoms with Crippen molar-refractivity contribution >= 4 is 41.4 Å². The number of thioether (sulfide) groups is 1. The third-order valence-electron chi connectivity index (χ3n) is 5.97. The van der Waals surface area contributed by atoms with Gasteiger partial charge in [0.05, 0.1) is 6.04 Å². The van der Waals surface area contributed by atoms with E-state index in [1.54, 1.807) is 30.3 Å². The van der Waals surface area contributed by atoms with E-state index in [1.165, 1.54) is 16.7 Å². The Labute approximate surface area is 214 Å². The van der Waals surface area contributed by atoms with E-state index in [4.69, 9.17) is 10.8 Å². The minimum absolute atomic E-state index is 0.0983. The number of hydrogen-bond acceptors (Lipinski definition) is 7. The maximum absolute atomic E-state index is 13.4. The smallest absolute Gasteiger partial charge is 0.326 e. The second-order valence-electron chi connectivity index (χ2n) is 8.66. The molecule has 0 aromatic heterocycles. The van der Waals surface area contributed by atoms with Gasteiger partial charge in [0.25, 0.3) is 0 Å². The molecule has 4 unspecified atom stereocenters. The largest absolute Gasteiger partial charge is 0.481 e. The average molecular weight is 523 g/mol. The second-order valence-corrected chi connectivity index (χ2v) is 9.65. The summed E-state index contributed by atoms with van der Waals surface area (Å²) >= 11 is 1.51. The van der Waals surface area contributed by atoms with E-state index >= 15 is 0 Å². The number of hydrogen-bond donors (Lipinski definition) is 5. The minimum atomic E-state index is -1.23. The molecule has 1 aliphatic rings. The highest BCUT2D eigenvalue weighted by atomic mass is 32.2. The zero-order chi connectivity index (χ0) is 26.7. The Morgan fingerprint density at radius 1 is 1.06 bits per heavy atom. The first kappa shape index (κ1) is 29.1. The minimum Gasteiger partial charge on any atom is -0.481 e. The van der Waals surface area contributed by atoms with Crippen molar-refractivity contribution in [2.24, 2.45) is 5.73 Å². The van der Waals surface area contributed by atoms with Gasteiger partial charge in [0.1, 0.15) is 18.1 Å². The lowest BCUT2D eigenvalue weighted by atomic mass is 10.0. The van der Waals surface area contributed by atoms with E-state index in [9.17, 15) is 29.1 Å². The Balaban J connectivity index is 2.23. The predicted octanol–water partition coefficient (Wildman–Crippen LogP) is 0.220. The summed E-state index contributed by atoms with van der Waals surface area (Å²) in [7, 11) is 0. The number of nitrogens with two attached hydrogens (primary N) is 1. The van der Waals surface area contributed by atoms with Gasteiger partial charge in [-0.25, -0.2) is 4.79 Å². The van der Waals surface area contributed by atoms with Gasteiger partial charge in [0.2, 0.25) is 17.7 Å². The molecule has 1 aromatic carbocycles. The summed E-state index contributed by atoms with van der Waals surface area (Å²) in [6.45, 7) is 0.250. The first-order valence-electron chi connectivity index (χ1n) is 11.8. The van der Waals surface area contributed by atoms with Gasteiger partial charge in [-0.1, -0.05) is 30.3 Å². The zero-order valence-electron chi connectivity index (χ0n) is 20.2. The molecule has 0 bridgehead atoms. The van der Waals surface area contributed by atoms with Crippen molar-refractivity contribution in [2.45, 2.75) is 62.7 Å². The maximum Gasteiger partial charge on any atom is 0.326 e. The first-order chi connectivity index (χ1) is 17.1. The van der Waals surface area contributed by atoms with E-state index in [-0.39, 0.29) is 25.8 Å². The number of nitrogens with one attached hydrogen (secondary N) is 2. The van der Waals surface area contributed by atoms with Crippen molar-refractivity contribution in [3.63, 3.8) is 0 Å². The number of nitrogens with zero attached hydrogens (tertiary/aromatic N) is 1. The Kier molecular flexibility index (Phi) is 11.7. The number of rotatable bonds is 14. The van der Waals surface area contributed by atoms with Crippen LogP contribution in [0, 0.1) is 0 Å². The summed E-state index contributed by atoms with van der Waals surface area (Å²) in [5.74, 6) is -3.50. The molecule has 1 aliphatic heterocycles. The van der Waals surface area contributed by atoms with E-state index in [1.807, 2.05) is 6.26 Å². The van der Waals surface area contributed by atoms with Crippen LogP contribution >= 0.6 is 11.8 Å². The molecule has 6 N–H and O–H groups in total. The molecule has 36 heavy (non-hydrogen) atoms. The number of carboxylic acid groups (broad SMARTS) is 2. The van der Waals surface area contributed by atoms with Crippen molar-refractivity contribution in [1.29, 1.82) is 0 Å². The molecule has 3 amide bonds. The van der Waals surface area contributed by atoms with Gasteiger partial charge in [-0.3, -0.25) is 19.2 Å². The Bertz CT molecular complexity index is 930. The van der Waals surface area contributed by atoms with Crippen LogP contribution in [-0.4, -0.2) is 87.5 Å². The molecule has 1 fully saturated rings. The number of carboxylic acids is 2. The van der Waals surface area contributed by atoms with Gasteiger partial charge in [0, 0.05) is 19.4 Å². The third-order valence-corrected chi connectivity index (χ3v) is 6.61. The molecule has 0 radical (unpaired) electrons. The summed E-state index contributed by atoms with van der Waals surface area (Å²) in [6.07, 6.45) is 2.60. The highest BCUT2D eigenvalue weighted by molar-refractivity contribution is 7.98. The molecule has 1 heterocycles. The lowest BCUT2D eigenvalue weighted by Gasteiger charge is -2.29. The molecule has 2 rings (SSSR count).